The molecule has 0 saturated heterocycles. The van der Waals surface area contributed by atoms with Crippen LogP contribution in [0.4, 0.5) is 11.4 Å². The lowest BCUT2D eigenvalue weighted by molar-refractivity contribution is -0.383. The first-order valence-electron chi connectivity index (χ1n) is 8.27. The molecule has 3 aromatic rings. The van der Waals surface area contributed by atoms with E-state index < -0.39 is 4.92 Å². The Labute approximate surface area is 160 Å². The van der Waals surface area contributed by atoms with Gasteiger partial charge in [-0.1, -0.05) is 43.3 Å². The molecule has 0 aliphatic rings. The molecule has 0 bridgehead atoms. The average molecular weight is 376 g/mol. The maximum absolute atomic E-state index is 11.1. The van der Waals surface area contributed by atoms with E-state index in [2.05, 4.69) is 35.4 Å². The van der Waals surface area contributed by atoms with Crippen molar-refractivity contribution in [2.24, 2.45) is 0 Å². The van der Waals surface area contributed by atoms with Gasteiger partial charge >= 0.3 is 0 Å². The van der Waals surface area contributed by atoms with Gasteiger partial charge in [0.1, 0.15) is 22.3 Å². The number of nitrogens with one attached hydrogen (secondary N) is 1. The lowest BCUT2D eigenvalue weighted by Crippen LogP contribution is -1.96. The molecule has 2 aromatic carbocycles. The monoisotopic (exact) mass is 376 g/mol. The number of allylic oxidation sites excluding steroid dienone is 1. The maximum Gasteiger partial charge on any atom is 0.292 e. The first-order valence-corrected chi connectivity index (χ1v) is 9.15. The highest BCUT2D eigenvalue weighted by atomic mass is 32.1. The number of rotatable bonds is 6. The van der Waals surface area contributed by atoms with Gasteiger partial charge in [0, 0.05) is 23.2 Å². The Morgan fingerprint density at radius 1 is 1.30 bits per heavy atom. The number of benzene rings is 2. The number of aryl methyl sites for hydroxylation is 1. The third kappa shape index (κ3) is 4.19. The second-order valence-corrected chi connectivity index (χ2v) is 6.53. The number of hydrogen-bond donors (Lipinski definition) is 1. The second-order valence-electron chi connectivity index (χ2n) is 5.68. The fourth-order valence-corrected chi connectivity index (χ4v) is 3.28. The standard InChI is InChI=1S/C20H16N4O2S/c1-2-14-7-9-15(10-8-14)18-13-27-20(23-18)16(11-21)12-22-17-5-3-4-6-19(17)24(25)26/h3-10,12-13,22H,2H2,1H3/b16-12-. The lowest BCUT2D eigenvalue weighted by atomic mass is 10.1. The molecule has 0 unspecified atom stereocenters. The van der Waals surface area contributed by atoms with Gasteiger partial charge in [0.15, 0.2) is 0 Å². The zero-order valence-electron chi connectivity index (χ0n) is 14.5. The minimum atomic E-state index is -0.469. The van der Waals surface area contributed by atoms with E-state index in [0.29, 0.717) is 16.3 Å². The van der Waals surface area contributed by atoms with Crippen LogP contribution in [-0.2, 0) is 6.42 Å². The largest absolute Gasteiger partial charge is 0.355 e. The zero-order chi connectivity index (χ0) is 19.2. The minimum Gasteiger partial charge on any atom is -0.355 e. The van der Waals surface area contributed by atoms with Crippen LogP contribution in [0.3, 0.4) is 0 Å². The zero-order valence-corrected chi connectivity index (χ0v) is 15.4. The van der Waals surface area contributed by atoms with Crippen LogP contribution in [0.15, 0.2) is 60.1 Å². The third-order valence-electron chi connectivity index (χ3n) is 3.99. The van der Waals surface area contributed by atoms with Gasteiger partial charge in [-0.05, 0) is 18.1 Å². The van der Waals surface area contributed by atoms with E-state index in [1.54, 1.807) is 18.2 Å². The van der Waals surface area contributed by atoms with Crippen LogP contribution in [-0.4, -0.2) is 9.91 Å². The molecule has 0 saturated carbocycles. The highest BCUT2D eigenvalue weighted by Crippen LogP contribution is 2.28. The van der Waals surface area contributed by atoms with Gasteiger partial charge in [0.05, 0.1) is 10.6 Å². The second kappa shape index (κ2) is 8.25. The summed E-state index contributed by atoms with van der Waals surface area (Å²) in [4.78, 5) is 15.1. The van der Waals surface area contributed by atoms with Gasteiger partial charge in [0.2, 0.25) is 0 Å². The van der Waals surface area contributed by atoms with Crippen LogP contribution < -0.4 is 5.32 Å². The first kappa shape index (κ1) is 18.3. The Hall–Kier alpha value is -3.50. The molecular formula is C20H16N4O2S. The Kier molecular flexibility index (Phi) is 5.59. The van der Waals surface area contributed by atoms with Crippen molar-refractivity contribution >= 4 is 28.3 Å². The Balaban J connectivity index is 1.84. The number of nitriles is 1. The summed E-state index contributed by atoms with van der Waals surface area (Å²) in [7, 11) is 0. The van der Waals surface area contributed by atoms with Crippen molar-refractivity contribution in [3.05, 3.63) is 80.8 Å². The normalized spacial score (nSPS) is 11.0. The topological polar surface area (TPSA) is 91.8 Å². The predicted molar refractivity (Wildman–Crippen MR) is 107 cm³/mol. The quantitative estimate of drug-likeness (QED) is 0.360. The van der Waals surface area contributed by atoms with E-state index in [4.69, 9.17) is 0 Å². The van der Waals surface area contributed by atoms with Gasteiger partial charge < -0.3 is 5.32 Å². The number of hydrogen-bond acceptors (Lipinski definition) is 6. The molecular weight excluding hydrogens is 360 g/mol. The van der Waals surface area contributed by atoms with Crippen LogP contribution in [0.1, 0.15) is 17.5 Å². The molecule has 3 rings (SSSR count). The molecule has 134 valence electrons. The number of aromatic nitrogens is 1. The lowest BCUT2D eigenvalue weighted by Gasteiger charge is -2.02. The highest BCUT2D eigenvalue weighted by molar-refractivity contribution is 7.11. The molecule has 6 nitrogen and oxygen atoms in total. The van der Waals surface area contributed by atoms with Crippen molar-refractivity contribution in [3.8, 4) is 17.3 Å². The van der Waals surface area contributed by atoms with Crippen molar-refractivity contribution in [1.29, 1.82) is 5.26 Å². The maximum atomic E-state index is 11.1. The van der Waals surface area contributed by atoms with Crippen LogP contribution in [0.25, 0.3) is 16.8 Å². The van der Waals surface area contributed by atoms with Crippen LogP contribution in [0.2, 0.25) is 0 Å². The molecule has 27 heavy (non-hydrogen) atoms. The predicted octanol–water partition coefficient (Wildman–Crippen LogP) is 5.26. The molecule has 0 aliphatic heterocycles. The van der Waals surface area contributed by atoms with Crippen molar-refractivity contribution in [1.82, 2.24) is 4.98 Å². The highest BCUT2D eigenvalue weighted by Gasteiger charge is 2.13. The summed E-state index contributed by atoms with van der Waals surface area (Å²) in [6, 6.07) is 16.5. The molecule has 1 aromatic heterocycles. The van der Waals surface area contributed by atoms with E-state index >= 15 is 0 Å². The molecule has 1 N–H and O–H groups in total. The van der Waals surface area contributed by atoms with Gasteiger partial charge in [-0.15, -0.1) is 11.3 Å². The van der Waals surface area contributed by atoms with Crippen molar-refractivity contribution in [2.75, 3.05) is 5.32 Å². The minimum absolute atomic E-state index is 0.0538. The number of nitro benzene ring substituents is 1. The smallest absolute Gasteiger partial charge is 0.292 e. The van der Waals surface area contributed by atoms with E-state index in [0.717, 1.165) is 17.7 Å². The summed E-state index contributed by atoms with van der Waals surface area (Å²) in [6.07, 6.45) is 2.42. The van der Waals surface area contributed by atoms with Crippen molar-refractivity contribution in [3.63, 3.8) is 0 Å². The Morgan fingerprint density at radius 3 is 2.70 bits per heavy atom. The van der Waals surface area contributed by atoms with Crippen LogP contribution in [0.5, 0.6) is 0 Å². The summed E-state index contributed by atoms with van der Waals surface area (Å²) in [5, 5.41) is 25.8. The SMILES string of the molecule is CCc1ccc(-c2csc(/C(C#N)=C\Nc3ccccc3[N+](=O)[O-])n2)cc1. The molecule has 1 heterocycles. The van der Waals surface area contributed by atoms with Crippen LogP contribution in [0, 0.1) is 21.4 Å². The third-order valence-corrected chi connectivity index (χ3v) is 4.86. The fourth-order valence-electron chi connectivity index (χ4n) is 2.49. The van der Waals surface area contributed by atoms with Gasteiger partial charge in [-0.3, -0.25) is 10.1 Å². The van der Waals surface area contributed by atoms with Crippen molar-refractivity contribution < 1.29 is 4.92 Å². The van der Waals surface area contributed by atoms with E-state index in [9.17, 15) is 15.4 Å². The molecule has 0 radical (unpaired) electrons. The van der Waals surface area contributed by atoms with E-state index in [1.165, 1.54) is 29.2 Å². The van der Waals surface area contributed by atoms with E-state index in [-0.39, 0.29) is 5.69 Å². The summed E-state index contributed by atoms with van der Waals surface area (Å²) in [6.45, 7) is 2.10. The van der Waals surface area contributed by atoms with Gasteiger partial charge in [0.25, 0.3) is 5.69 Å². The molecule has 0 atom stereocenters. The number of thiazole rings is 1. The number of nitrogens with zero attached hydrogens (tertiary/aromatic N) is 3. The van der Waals surface area contributed by atoms with Gasteiger partial charge in [-0.25, -0.2) is 4.98 Å². The number of para-hydroxylation sites is 2. The first-order chi connectivity index (χ1) is 13.1. The Morgan fingerprint density at radius 2 is 2.04 bits per heavy atom. The molecule has 0 fully saturated rings. The molecule has 0 spiro atoms. The summed E-state index contributed by atoms with van der Waals surface area (Å²) in [5.41, 5.74) is 3.61. The summed E-state index contributed by atoms with van der Waals surface area (Å²) in [5.74, 6) is 0. The van der Waals surface area contributed by atoms with Gasteiger partial charge in [-0.2, -0.15) is 5.26 Å². The van der Waals surface area contributed by atoms with E-state index in [1.807, 2.05) is 17.5 Å². The summed E-state index contributed by atoms with van der Waals surface area (Å²) >= 11 is 1.36. The average Bonchev–Trinajstić information content (AvgIpc) is 3.19. The summed E-state index contributed by atoms with van der Waals surface area (Å²) < 4.78 is 0. The molecule has 0 aliphatic carbocycles. The number of anilines is 1. The Bertz CT molecular complexity index is 1030. The molecule has 0 amide bonds. The number of nitro groups is 1. The van der Waals surface area contributed by atoms with Crippen molar-refractivity contribution in [2.45, 2.75) is 13.3 Å². The molecule has 7 heteroatoms. The van der Waals surface area contributed by atoms with Crippen LogP contribution >= 0.6 is 11.3 Å². The fraction of sp³-hybridized carbons (Fsp3) is 0.100.